The third kappa shape index (κ3) is 17.0. The lowest BCUT2D eigenvalue weighted by Crippen LogP contribution is -2.15. The molecule has 0 spiro atoms. The van der Waals surface area contributed by atoms with Crippen molar-refractivity contribution in [2.75, 3.05) is 66.1 Å². The Hall–Kier alpha value is -1.03. The molecule has 0 aromatic rings. The highest BCUT2D eigenvalue weighted by Crippen LogP contribution is 1.88. The van der Waals surface area contributed by atoms with Crippen molar-refractivity contribution in [1.82, 2.24) is 0 Å². The van der Waals surface area contributed by atoms with Gasteiger partial charge in [0.2, 0.25) is 0 Å². The van der Waals surface area contributed by atoms with Crippen LogP contribution >= 0.6 is 0 Å². The molecular formula is C14H26O8. The first-order chi connectivity index (χ1) is 10.8. The average Bonchev–Trinajstić information content (AvgIpc) is 2.53. The zero-order valence-corrected chi connectivity index (χ0v) is 12.9. The molecule has 22 heavy (non-hydrogen) atoms. The van der Waals surface area contributed by atoms with E-state index in [2.05, 4.69) is 11.5 Å². The molecule has 0 radical (unpaired) electrons. The predicted molar refractivity (Wildman–Crippen MR) is 77.6 cm³/mol. The van der Waals surface area contributed by atoms with E-state index in [1.54, 1.807) is 6.08 Å². The van der Waals surface area contributed by atoms with Crippen LogP contribution in [0.2, 0.25) is 0 Å². The maximum absolute atomic E-state index is 11.0. The molecule has 0 atom stereocenters. The van der Waals surface area contributed by atoms with Gasteiger partial charge in [-0.2, -0.15) is 0 Å². The fourth-order valence-corrected chi connectivity index (χ4v) is 1.24. The van der Waals surface area contributed by atoms with Crippen LogP contribution in [0.25, 0.3) is 0 Å². The maximum Gasteiger partial charge on any atom is 0.308 e. The van der Waals surface area contributed by atoms with E-state index >= 15 is 0 Å². The molecule has 0 rings (SSSR count). The van der Waals surface area contributed by atoms with Gasteiger partial charge in [0.15, 0.2) is 0 Å². The molecule has 0 saturated carbocycles. The van der Waals surface area contributed by atoms with Crippen molar-refractivity contribution in [3.63, 3.8) is 0 Å². The van der Waals surface area contributed by atoms with Gasteiger partial charge in [0.1, 0.15) is 6.61 Å². The van der Waals surface area contributed by atoms with Crippen molar-refractivity contribution in [2.45, 2.75) is 6.42 Å². The van der Waals surface area contributed by atoms with Gasteiger partial charge in [0.05, 0.1) is 65.9 Å². The van der Waals surface area contributed by atoms with Gasteiger partial charge in [-0.25, -0.2) is 4.89 Å². The summed E-state index contributed by atoms with van der Waals surface area (Å²) < 4.78 is 25.7. The molecule has 0 aliphatic carbocycles. The standard InChI is InChI=1S/C14H26O8/c1-2-4-17-6-7-18-8-9-19-10-11-20-12-13-21-14(15)3-5-22-16/h2,16H,1,3-13H2. The summed E-state index contributed by atoms with van der Waals surface area (Å²) >= 11 is 0. The van der Waals surface area contributed by atoms with E-state index in [4.69, 9.17) is 28.9 Å². The van der Waals surface area contributed by atoms with Gasteiger partial charge in [0, 0.05) is 0 Å². The van der Waals surface area contributed by atoms with E-state index in [1.165, 1.54) is 0 Å². The van der Waals surface area contributed by atoms with E-state index < -0.39 is 5.97 Å². The molecule has 0 bridgehead atoms. The predicted octanol–water partition coefficient (Wildman–Crippen LogP) is 0.662. The number of hydrogen-bond donors (Lipinski definition) is 1. The number of ether oxygens (including phenoxy) is 5. The second-order valence-electron chi connectivity index (χ2n) is 4.00. The maximum atomic E-state index is 11.0. The second kappa shape index (κ2) is 18.0. The highest BCUT2D eigenvalue weighted by atomic mass is 17.1. The number of carbonyl (C=O) groups excluding carboxylic acids is 1. The zero-order chi connectivity index (χ0) is 16.3. The number of carbonyl (C=O) groups is 1. The van der Waals surface area contributed by atoms with Gasteiger partial charge in [-0.15, -0.1) is 6.58 Å². The minimum absolute atomic E-state index is 0.0121. The molecule has 0 aliphatic rings. The molecule has 0 aromatic heterocycles. The van der Waals surface area contributed by atoms with Gasteiger partial charge >= 0.3 is 5.97 Å². The van der Waals surface area contributed by atoms with Gasteiger partial charge in [-0.1, -0.05) is 6.08 Å². The fourth-order valence-electron chi connectivity index (χ4n) is 1.24. The van der Waals surface area contributed by atoms with Crippen molar-refractivity contribution in [3.8, 4) is 0 Å². The van der Waals surface area contributed by atoms with Crippen LogP contribution in [0.5, 0.6) is 0 Å². The van der Waals surface area contributed by atoms with Crippen LogP contribution < -0.4 is 0 Å². The average molecular weight is 322 g/mol. The molecule has 0 fully saturated rings. The van der Waals surface area contributed by atoms with E-state index in [1.807, 2.05) is 0 Å². The lowest BCUT2D eigenvalue weighted by molar-refractivity contribution is -0.243. The minimum Gasteiger partial charge on any atom is -0.463 e. The van der Waals surface area contributed by atoms with Crippen molar-refractivity contribution in [2.24, 2.45) is 0 Å². The van der Waals surface area contributed by atoms with Crippen LogP contribution in [0.4, 0.5) is 0 Å². The van der Waals surface area contributed by atoms with Crippen LogP contribution in [0.15, 0.2) is 12.7 Å². The molecule has 0 heterocycles. The van der Waals surface area contributed by atoms with E-state index in [9.17, 15) is 4.79 Å². The first-order valence-electron chi connectivity index (χ1n) is 7.15. The Morgan fingerprint density at radius 1 is 0.818 bits per heavy atom. The molecular weight excluding hydrogens is 296 g/mol. The quantitative estimate of drug-likeness (QED) is 0.137. The fraction of sp³-hybridized carbons (Fsp3) is 0.786. The summed E-state index contributed by atoms with van der Waals surface area (Å²) in [5.74, 6) is -0.442. The summed E-state index contributed by atoms with van der Waals surface area (Å²) in [6, 6.07) is 0. The Bertz CT molecular complexity index is 259. The van der Waals surface area contributed by atoms with E-state index in [0.717, 1.165) is 0 Å². The minimum atomic E-state index is -0.442. The van der Waals surface area contributed by atoms with Crippen molar-refractivity contribution >= 4 is 5.97 Å². The third-order valence-electron chi connectivity index (χ3n) is 2.24. The molecule has 0 amide bonds. The molecule has 8 nitrogen and oxygen atoms in total. The number of hydrogen-bond acceptors (Lipinski definition) is 8. The van der Waals surface area contributed by atoms with Crippen LogP contribution in [0.3, 0.4) is 0 Å². The third-order valence-corrected chi connectivity index (χ3v) is 2.24. The summed E-state index contributed by atoms with van der Waals surface area (Å²) in [4.78, 5) is 14.8. The topological polar surface area (TPSA) is 92.7 Å². The normalized spacial score (nSPS) is 10.6. The Kier molecular flexibility index (Phi) is 17.2. The lowest BCUT2D eigenvalue weighted by atomic mass is 10.5. The molecule has 1 N–H and O–H groups in total. The second-order valence-corrected chi connectivity index (χ2v) is 4.00. The van der Waals surface area contributed by atoms with Crippen LogP contribution in [0.1, 0.15) is 6.42 Å². The van der Waals surface area contributed by atoms with Gasteiger partial charge in [-0.3, -0.25) is 10.1 Å². The molecule has 0 aliphatic heterocycles. The van der Waals surface area contributed by atoms with Gasteiger partial charge in [-0.05, 0) is 0 Å². The Morgan fingerprint density at radius 3 is 1.82 bits per heavy atom. The molecule has 0 unspecified atom stereocenters. The monoisotopic (exact) mass is 322 g/mol. The largest absolute Gasteiger partial charge is 0.463 e. The first kappa shape index (κ1) is 21.0. The van der Waals surface area contributed by atoms with Gasteiger partial charge in [0.25, 0.3) is 0 Å². The first-order valence-corrected chi connectivity index (χ1v) is 7.15. The number of esters is 1. The smallest absolute Gasteiger partial charge is 0.308 e. The van der Waals surface area contributed by atoms with Crippen molar-refractivity contribution < 1.29 is 38.6 Å². The van der Waals surface area contributed by atoms with E-state index in [-0.39, 0.29) is 19.6 Å². The summed E-state index contributed by atoms with van der Waals surface area (Å²) in [6.45, 7) is 7.38. The summed E-state index contributed by atoms with van der Waals surface area (Å²) in [6.07, 6.45) is 1.70. The summed E-state index contributed by atoms with van der Waals surface area (Å²) in [5, 5.41) is 8.04. The SMILES string of the molecule is C=CCOCCOCCOCCOCCOC(=O)CCOO. The van der Waals surface area contributed by atoms with E-state index in [0.29, 0.717) is 52.9 Å². The molecule has 8 heteroatoms. The van der Waals surface area contributed by atoms with Gasteiger partial charge < -0.3 is 23.7 Å². The summed E-state index contributed by atoms with van der Waals surface area (Å²) in [5.41, 5.74) is 0. The van der Waals surface area contributed by atoms with Crippen LogP contribution in [-0.4, -0.2) is 77.3 Å². The number of rotatable bonds is 17. The Labute approximate surface area is 130 Å². The zero-order valence-electron chi connectivity index (χ0n) is 12.9. The van der Waals surface area contributed by atoms with Crippen molar-refractivity contribution in [1.29, 1.82) is 0 Å². The summed E-state index contributed by atoms with van der Waals surface area (Å²) in [7, 11) is 0. The molecule has 130 valence electrons. The van der Waals surface area contributed by atoms with Crippen LogP contribution in [0, 0.1) is 0 Å². The highest BCUT2D eigenvalue weighted by molar-refractivity contribution is 5.69. The highest BCUT2D eigenvalue weighted by Gasteiger charge is 2.01. The van der Waals surface area contributed by atoms with Crippen LogP contribution in [-0.2, 0) is 33.4 Å². The molecule has 0 aromatic carbocycles. The lowest BCUT2D eigenvalue weighted by Gasteiger charge is -2.07. The molecule has 0 saturated heterocycles. The Balaban J connectivity index is 3.05. The van der Waals surface area contributed by atoms with Crippen molar-refractivity contribution in [3.05, 3.63) is 12.7 Å². The Morgan fingerprint density at radius 2 is 1.32 bits per heavy atom.